The maximum absolute atomic E-state index is 13.5. The lowest BCUT2D eigenvalue weighted by atomic mass is 9.61. The van der Waals surface area contributed by atoms with Crippen LogP contribution in [0.3, 0.4) is 0 Å². The van der Waals surface area contributed by atoms with Crippen molar-refractivity contribution in [3.63, 3.8) is 0 Å². The number of hydrogen-bond acceptors (Lipinski definition) is 7. The molecule has 0 unspecified atom stereocenters. The number of methoxy groups -OCH3 is 1. The van der Waals surface area contributed by atoms with Gasteiger partial charge in [0.1, 0.15) is 17.4 Å². The fraction of sp³-hybridized carbons (Fsp3) is 0.520. The summed E-state index contributed by atoms with van der Waals surface area (Å²) < 4.78 is 33.7. The third kappa shape index (κ3) is 3.68. The van der Waals surface area contributed by atoms with Gasteiger partial charge in [-0.25, -0.2) is 9.37 Å². The average Bonchev–Trinajstić information content (AvgIpc) is 3.13. The molecule has 7 rings (SSSR count). The number of amides is 1. The second-order valence-electron chi connectivity index (χ2n) is 10.4. The van der Waals surface area contributed by atoms with E-state index >= 15 is 0 Å². The second kappa shape index (κ2) is 8.10. The maximum atomic E-state index is 13.5. The molecule has 11 heteroatoms. The van der Waals surface area contributed by atoms with Gasteiger partial charge in [0.05, 0.1) is 36.7 Å². The van der Waals surface area contributed by atoms with Crippen molar-refractivity contribution < 1.29 is 23.4 Å². The Balaban J connectivity index is 1.32. The number of carbonyl (C=O) groups excluding carboxylic acids is 1. The van der Waals surface area contributed by atoms with Crippen molar-refractivity contribution >= 4 is 17.4 Å². The van der Waals surface area contributed by atoms with E-state index in [4.69, 9.17) is 19.2 Å². The summed E-state index contributed by atoms with van der Waals surface area (Å²) in [5, 5.41) is 2.66. The van der Waals surface area contributed by atoms with Gasteiger partial charge in [-0.05, 0) is 38.8 Å². The van der Waals surface area contributed by atoms with Crippen LogP contribution in [0.25, 0.3) is 5.78 Å². The van der Waals surface area contributed by atoms with E-state index in [1.54, 1.807) is 23.8 Å². The molecular weight excluding hydrogens is 469 g/mol. The molecule has 190 valence electrons. The van der Waals surface area contributed by atoms with Crippen molar-refractivity contribution in [1.82, 2.24) is 18.9 Å². The van der Waals surface area contributed by atoms with Crippen LogP contribution in [-0.4, -0.2) is 63.0 Å². The molecule has 10 nitrogen and oxygen atoms in total. The largest absolute Gasteiger partial charge is 0.474 e. The first-order valence-electron chi connectivity index (χ1n) is 12.1. The van der Waals surface area contributed by atoms with Crippen LogP contribution in [0.15, 0.2) is 35.5 Å². The van der Waals surface area contributed by atoms with Crippen molar-refractivity contribution in [2.45, 2.75) is 62.4 Å². The Bertz CT molecular complexity index is 1410. The van der Waals surface area contributed by atoms with E-state index < -0.39 is 23.7 Å². The third-order valence-corrected chi connectivity index (χ3v) is 7.19. The number of anilines is 1. The highest BCUT2D eigenvalue weighted by atomic mass is 19.1. The monoisotopic (exact) mass is 497 g/mol. The Labute approximate surface area is 206 Å². The Morgan fingerprint density at radius 1 is 1.33 bits per heavy atom. The van der Waals surface area contributed by atoms with Crippen LogP contribution in [0, 0.1) is 0 Å². The van der Waals surface area contributed by atoms with Crippen molar-refractivity contribution in [3.8, 4) is 5.88 Å². The van der Waals surface area contributed by atoms with Crippen LogP contribution in [0.4, 0.5) is 10.1 Å². The predicted octanol–water partition coefficient (Wildman–Crippen LogP) is 2.66. The fourth-order valence-electron chi connectivity index (χ4n) is 5.47. The fourth-order valence-corrected chi connectivity index (χ4v) is 5.47. The molecule has 2 bridgehead atoms. The molecule has 4 fully saturated rings. The minimum absolute atomic E-state index is 0.0643. The van der Waals surface area contributed by atoms with E-state index in [9.17, 15) is 14.0 Å². The van der Waals surface area contributed by atoms with Crippen LogP contribution in [0.5, 0.6) is 5.88 Å². The van der Waals surface area contributed by atoms with Gasteiger partial charge in [0.2, 0.25) is 11.7 Å². The first-order valence-corrected chi connectivity index (χ1v) is 12.1. The number of halogens is 1. The van der Waals surface area contributed by atoms with Crippen molar-refractivity contribution in [2.75, 3.05) is 25.6 Å². The first kappa shape index (κ1) is 23.1. The number of carbonyl (C=O) groups is 1. The predicted molar refractivity (Wildman–Crippen MR) is 127 cm³/mol. The van der Waals surface area contributed by atoms with E-state index in [0.717, 1.165) is 18.5 Å². The zero-order chi connectivity index (χ0) is 25.2. The average molecular weight is 498 g/mol. The molecule has 5 heterocycles. The molecule has 0 aromatic carbocycles. The first-order chi connectivity index (χ1) is 17.2. The standard InChI is InChI=1S/C25H28FN5O5/c1-14(2)36-21-15(20(32)27-17-5-4-6-31(22(17)33)18-7-16(18)26)8-30-9-19(28-23(30)29-21)24-10-25(11-24,13-34-3)35-12-24/h4-6,8-9,14,16,18H,7,10-13H2,1-3H3,(H,27,32)/t16-,18+,24?,25?/m1/s1. The van der Waals surface area contributed by atoms with Crippen LogP contribution in [0.1, 0.15) is 55.2 Å². The number of nitrogens with one attached hydrogen (secondary N) is 1. The Hall–Kier alpha value is -3.31. The van der Waals surface area contributed by atoms with Gasteiger partial charge in [0, 0.05) is 37.5 Å². The molecule has 4 aliphatic rings. The summed E-state index contributed by atoms with van der Waals surface area (Å²) in [5.74, 6) is -0.0210. The molecule has 36 heavy (non-hydrogen) atoms. The molecule has 2 atom stereocenters. The number of imidazole rings is 1. The maximum Gasteiger partial charge on any atom is 0.274 e. The topological polar surface area (TPSA) is 109 Å². The number of aromatic nitrogens is 4. The molecule has 2 saturated heterocycles. The van der Waals surface area contributed by atoms with Gasteiger partial charge in [0.25, 0.3) is 11.5 Å². The highest BCUT2D eigenvalue weighted by Crippen LogP contribution is 2.58. The van der Waals surface area contributed by atoms with Crippen LogP contribution in [-0.2, 0) is 14.9 Å². The molecule has 1 N–H and O–H groups in total. The van der Waals surface area contributed by atoms with Gasteiger partial charge in [-0.15, -0.1) is 0 Å². The molecule has 2 saturated carbocycles. The quantitative estimate of drug-likeness (QED) is 0.510. The number of fused-ring (bicyclic) bond motifs is 2. The van der Waals surface area contributed by atoms with Gasteiger partial charge in [0.15, 0.2) is 0 Å². The summed E-state index contributed by atoms with van der Waals surface area (Å²) in [6.07, 6.45) is 5.67. The lowest BCUT2D eigenvalue weighted by molar-refractivity contribution is -0.0614. The Morgan fingerprint density at radius 2 is 2.11 bits per heavy atom. The molecule has 2 aliphatic carbocycles. The van der Waals surface area contributed by atoms with Crippen LogP contribution < -0.4 is 15.6 Å². The molecule has 2 aliphatic heterocycles. The van der Waals surface area contributed by atoms with Gasteiger partial charge in [-0.3, -0.25) is 14.0 Å². The van der Waals surface area contributed by atoms with Crippen molar-refractivity contribution in [2.24, 2.45) is 0 Å². The zero-order valence-electron chi connectivity index (χ0n) is 20.4. The van der Waals surface area contributed by atoms with Crippen molar-refractivity contribution in [3.05, 3.63) is 52.3 Å². The molecule has 1 amide bonds. The highest BCUT2D eigenvalue weighted by Gasteiger charge is 2.64. The number of rotatable bonds is 8. The second-order valence-corrected chi connectivity index (χ2v) is 10.4. The van der Waals surface area contributed by atoms with Crippen LogP contribution >= 0.6 is 0 Å². The summed E-state index contributed by atoms with van der Waals surface area (Å²) >= 11 is 0. The number of ether oxygens (including phenoxy) is 3. The number of alkyl halides is 1. The van der Waals surface area contributed by atoms with Gasteiger partial charge in [-0.2, -0.15) is 4.98 Å². The lowest BCUT2D eigenvalue weighted by Gasteiger charge is -2.43. The lowest BCUT2D eigenvalue weighted by Crippen LogP contribution is -2.49. The summed E-state index contributed by atoms with van der Waals surface area (Å²) in [5.41, 5.74) is 0.177. The Kier molecular flexibility index (Phi) is 5.20. The minimum atomic E-state index is -1.04. The van der Waals surface area contributed by atoms with Gasteiger partial charge in [-0.1, -0.05) is 0 Å². The summed E-state index contributed by atoms with van der Waals surface area (Å²) in [7, 11) is 1.67. The third-order valence-electron chi connectivity index (χ3n) is 7.19. The Morgan fingerprint density at radius 3 is 2.81 bits per heavy atom. The van der Waals surface area contributed by atoms with Crippen molar-refractivity contribution in [1.29, 1.82) is 0 Å². The highest BCUT2D eigenvalue weighted by molar-refractivity contribution is 6.05. The van der Waals surface area contributed by atoms with E-state index in [0.29, 0.717) is 25.4 Å². The molecule has 3 aromatic rings. The number of hydrogen-bond donors (Lipinski definition) is 1. The summed E-state index contributed by atoms with van der Waals surface area (Å²) in [6.45, 7) is 4.78. The summed E-state index contributed by atoms with van der Waals surface area (Å²) in [4.78, 5) is 35.4. The molecule has 3 aromatic heterocycles. The van der Waals surface area contributed by atoms with E-state index in [2.05, 4.69) is 10.3 Å². The zero-order valence-corrected chi connectivity index (χ0v) is 20.4. The molecule has 0 radical (unpaired) electrons. The van der Waals surface area contributed by atoms with E-state index in [1.807, 2.05) is 20.0 Å². The minimum Gasteiger partial charge on any atom is -0.474 e. The van der Waals surface area contributed by atoms with E-state index in [-0.39, 0.29) is 34.3 Å². The smallest absolute Gasteiger partial charge is 0.274 e. The SMILES string of the molecule is COCC12CC(c3cn4cc(C(=O)Nc5cccn([C@H]6C[C@H]6F)c5=O)c(OC(C)C)nc4n3)(CO1)C2. The summed E-state index contributed by atoms with van der Waals surface area (Å²) in [6, 6.07) is 2.63. The molecule has 0 spiro atoms. The van der Waals surface area contributed by atoms with Gasteiger partial charge < -0.3 is 24.1 Å². The van der Waals surface area contributed by atoms with Crippen LogP contribution in [0.2, 0.25) is 0 Å². The normalized spacial score (nSPS) is 28.4. The molecular formula is C25H28FN5O5. The van der Waals surface area contributed by atoms with E-state index in [1.165, 1.54) is 16.8 Å². The van der Waals surface area contributed by atoms with Gasteiger partial charge >= 0.3 is 0 Å². The number of pyridine rings is 1. The number of nitrogens with zero attached hydrogens (tertiary/aromatic N) is 4.